The van der Waals surface area contributed by atoms with Crippen LogP contribution in [0.1, 0.15) is 47.9 Å². The number of hydrogen-bond acceptors (Lipinski definition) is 4. The van der Waals surface area contributed by atoms with Gasteiger partial charge in [0.15, 0.2) is 0 Å². The lowest BCUT2D eigenvalue weighted by atomic mass is 9.73. The predicted octanol–water partition coefficient (Wildman–Crippen LogP) is 13.3. The molecule has 2 atom stereocenters. The van der Waals surface area contributed by atoms with Crippen molar-refractivity contribution in [3.05, 3.63) is 206 Å². The van der Waals surface area contributed by atoms with Gasteiger partial charge in [-0.25, -0.2) is 9.59 Å². The highest BCUT2D eigenvalue weighted by molar-refractivity contribution is 6.21. The van der Waals surface area contributed by atoms with Crippen molar-refractivity contribution in [1.82, 2.24) is 0 Å². The molecule has 294 valence electrons. The van der Waals surface area contributed by atoms with E-state index in [9.17, 15) is 9.59 Å². The van der Waals surface area contributed by atoms with E-state index in [4.69, 9.17) is 9.47 Å². The fraction of sp³-hybridized carbons (Fsp3) is 0.143. The van der Waals surface area contributed by atoms with Gasteiger partial charge in [0.2, 0.25) is 0 Å². The molecule has 2 unspecified atom stereocenters. The monoisotopic (exact) mass is 782 g/mol. The molecule has 9 rings (SSSR count). The molecule has 2 aliphatic carbocycles. The molecule has 7 aromatic carbocycles. The summed E-state index contributed by atoms with van der Waals surface area (Å²) in [7, 11) is 0. The van der Waals surface area contributed by atoms with Crippen molar-refractivity contribution in [1.29, 1.82) is 0 Å². The van der Waals surface area contributed by atoms with Gasteiger partial charge in [-0.15, -0.1) is 13.2 Å². The molecular formula is C56H46O4. The van der Waals surface area contributed by atoms with E-state index >= 15 is 0 Å². The number of carbonyl (C=O) groups excluding carboxylic acids is 2. The van der Waals surface area contributed by atoms with Crippen LogP contribution < -0.4 is 0 Å². The quantitative estimate of drug-likeness (QED) is 0.0362. The summed E-state index contributed by atoms with van der Waals surface area (Å²) in [4.78, 5) is 23.8. The van der Waals surface area contributed by atoms with Gasteiger partial charge in [-0.05, 0) is 126 Å². The van der Waals surface area contributed by atoms with Crippen molar-refractivity contribution >= 4 is 33.5 Å². The molecule has 0 bridgehead atoms. The zero-order valence-electron chi connectivity index (χ0n) is 33.7. The van der Waals surface area contributed by atoms with Gasteiger partial charge in [-0.2, -0.15) is 0 Å². The van der Waals surface area contributed by atoms with Crippen molar-refractivity contribution in [3.8, 4) is 44.5 Å². The highest BCUT2D eigenvalue weighted by Gasteiger charge is 2.42. The van der Waals surface area contributed by atoms with Gasteiger partial charge >= 0.3 is 11.9 Å². The van der Waals surface area contributed by atoms with Crippen molar-refractivity contribution in [2.24, 2.45) is 0 Å². The molecule has 0 spiro atoms. The Kier molecular flexibility index (Phi) is 10.0. The Morgan fingerprint density at radius 1 is 0.450 bits per heavy atom. The average Bonchev–Trinajstić information content (AvgIpc) is 3.74. The number of allylic oxidation sites excluding steroid dienone is 2. The molecule has 0 saturated carbocycles. The Labute approximate surface area is 351 Å². The van der Waals surface area contributed by atoms with E-state index in [1.54, 1.807) is 0 Å². The molecule has 0 radical (unpaired) electrons. The Hall–Kier alpha value is -7.04. The Morgan fingerprint density at radius 2 is 0.800 bits per heavy atom. The lowest BCUT2D eigenvalue weighted by molar-refractivity contribution is -0.138. The lowest BCUT2D eigenvalue weighted by Crippen LogP contribution is -2.23. The van der Waals surface area contributed by atoms with Crippen LogP contribution in [0.5, 0.6) is 0 Å². The summed E-state index contributed by atoms with van der Waals surface area (Å²) in [5.41, 5.74) is 13.4. The number of hydrogen-bond donors (Lipinski definition) is 0. The summed E-state index contributed by atoms with van der Waals surface area (Å²) in [6.07, 6.45) is 9.41. The largest absolute Gasteiger partial charge is 0.463 e. The van der Waals surface area contributed by atoms with Gasteiger partial charge in [0.05, 0.1) is 13.2 Å². The molecule has 0 amide bonds. The number of benzene rings is 7. The second kappa shape index (κ2) is 15.6. The molecule has 7 aromatic rings. The minimum Gasteiger partial charge on any atom is -0.463 e. The minimum absolute atomic E-state index is 0.308. The van der Waals surface area contributed by atoms with Crippen LogP contribution in [0.4, 0.5) is 0 Å². The number of ether oxygens (including phenoxy) is 2. The number of esters is 2. The molecule has 4 nitrogen and oxygen atoms in total. The third-order valence-electron chi connectivity index (χ3n) is 12.9. The first kappa shape index (κ1) is 38.5. The molecule has 0 aliphatic heterocycles. The van der Waals surface area contributed by atoms with Gasteiger partial charge < -0.3 is 9.47 Å². The van der Waals surface area contributed by atoms with E-state index < -0.39 is 22.8 Å². The van der Waals surface area contributed by atoms with Gasteiger partial charge in [0.1, 0.15) is 0 Å². The van der Waals surface area contributed by atoms with E-state index in [2.05, 4.69) is 172 Å². The second-order valence-electron chi connectivity index (χ2n) is 15.8. The van der Waals surface area contributed by atoms with Crippen LogP contribution in [0.3, 0.4) is 0 Å². The standard InChI is InChI=1S/C56H46O4/c1-5-51(57)59-33-17-31-55(7-3)47-25-15-13-19-39(47)41-29-27-37(35-49(41)55)53-43-21-9-11-23-45(43)54(46-24-12-10-22-44(46)53)38-28-30-42-40-20-14-16-26-48(40)56(8-4,50(42)36-38)32-18-34-60-52(58)6-2/h5-16,19-30,35-36H,1-4,17-18,31-34H2. The van der Waals surface area contributed by atoms with Crippen LogP contribution in [0.2, 0.25) is 0 Å². The molecular weight excluding hydrogens is 737 g/mol. The van der Waals surface area contributed by atoms with Crippen LogP contribution in [-0.2, 0) is 29.9 Å². The summed E-state index contributed by atoms with van der Waals surface area (Å²) in [6, 6.07) is 48.6. The molecule has 0 saturated heterocycles. The van der Waals surface area contributed by atoms with E-state index in [1.807, 2.05) is 0 Å². The van der Waals surface area contributed by atoms with Crippen LogP contribution in [0.25, 0.3) is 66.1 Å². The lowest BCUT2D eigenvalue weighted by Gasteiger charge is -2.29. The van der Waals surface area contributed by atoms with Gasteiger partial charge in [0, 0.05) is 23.0 Å². The van der Waals surface area contributed by atoms with Crippen LogP contribution >= 0.6 is 0 Å². The van der Waals surface area contributed by atoms with E-state index in [1.165, 1.54) is 89.3 Å². The number of carbonyl (C=O) groups is 2. The normalized spacial score (nSPS) is 16.9. The summed E-state index contributed by atoms with van der Waals surface area (Å²) < 4.78 is 10.9. The Balaban J connectivity index is 1.20. The van der Waals surface area contributed by atoms with Crippen LogP contribution in [0, 0.1) is 0 Å². The fourth-order valence-corrected chi connectivity index (χ4v) is 10.2. The summed E-state index contributed by atoms with van der Waals surface area (Å²) in [5, 5.41) is 4.69. The fourth-order valence-electron chi connectivity index (χ4n) is 10.2. The van der Waals surface area contributed by atoms with E-state index in [0.29, 0.717) is 26.1 Å². The zero-order chi connectivity index (χ0) is 41.4. The maximum absolute atomic E-state index is 11.9. The zero-order valence-corrected chi connectivity index (χ0v) is 33.7. The van der Waals surface area contributed by atoms with Gasteiger partial charge in [-0.1, -0.05) is 147 Å². The van der Waals surface area contributed by atoms with E-state index in [0.717, 1.165) is 24.0 Å². The Morgan fingerprint density at radius 3 is 1.17 bits per heavy atom. The third-order valence-corrected chi connectivity index (χ3v) is 12.9. The topological polar surface area (TPSA) is 52.6 Å². The van der Waals surface area contributed by atoms with Crippen molar-refractivity contribution in [2.45, 2.75) is 36.5 Å². The molecule has 60 heavy (non-hydrogen) atoms. The molecule has 4 heteroatoms. The maximum Gasteiger partial charge on any atom is 0.330 e. The second-order valence-corrected chi connectivity index (χ2v) is 15.8. The predicted molar refractivity (Wildman–Crippen MR) is 246 cm³/mol. The third kappa shape index (κ3) is 6.05. The summed E-state index contributed by atoms with van der Waals surface area (Å²) in [5.74, 6) is -0.818. The molecule has 2 aliphatic rings. The minimum atomic E-state index is -0.457. The highest BCUT2D eigenvalue weighted by atomic mass is 16.5. The summed E-state index contributed by atoms with van der Waals surface area (Å²) >= 11 is 0. The first-order chi connectivity index (χ1) is 29.4. The molecule has 0 heterocycles. The van der Waals surface area contributed by atoms with Crippen molar-refractivity contribution in [3.63, 3.8) is 0 Å². The SMILES string of the molecule is C=CC(=O)OCCCC1(C=C)c2ccccc2-c2ccc(-c3c4ccccc4c(-c4ccc5c(c4)C(C=C)(CCCOC(=O)C=C)c4ccccc4-5)c4ccccc34)cc21. The van der Waals surface area contributed by atoms with Crippen LogP contribution in [0.15, 0.2) is 184 Å². The highest BCUT2D eigenvalue weighted by Crippen LogP contribution is 2.56. The molecule has 0 aromatic heterocycles. The maximum atomic E-state index is 11.9. The molecule has 0 N–H and O–H groups in total. The van der Waals surface area contributed by atoms with E-state index in [-0.39, 0.29) is 0 Å². The van der Waals surface area contributed by atoms with Crippen molar-refractivity contribution < 1.29 is 19.1 Å². The van der Waals surface area contributed by atoms with Crippen LogP contribution in [-0.4, -0.2) is 25.2 Å². The first-order valence-corrected chi connectivity index (χ1v) is 20.7. The Bertz CT molecular complexity index is 2660. The average molecular weight is 783 g/mol. The first-order valence-electron chi connectivity index (χ1n) is 20.7. The smallest absolute Gasteiger partial charge is 0.330 e. The van der Waals surface area contributed by atoms with Crippen molar-refractivity contribution in [2.75, 3.05) is 13.2 Å². The van der Waals surface area contributed by atoms with Gasteiger partial charge in [-0.3, -0.25) is 0 Å². The summed E-state index contributed by atoms with van der Waals surface area (Å²) in [6.45, 7) is 16.6. The molecule has 0 fully saturated rings. The number of rotatable bonds is 14. The van der Waals surface area contributed by atoms with Gasteiger partial charge in [0.25, 0.3) is 0 Å². The number of fused-ring (bicyclic) bond motifs is 8.